The molecule has 0 aromatic heterocycles. The van der Waals surface area contributed by atoms with E-state index in [9.17, 15) is 4.79 Å². The van der Waals surface area contributed by atoms with Crippen LogP contribution in [0.15, 0.2) is 77.7 Å². The van der Waals surface area contributed by atoms with Gasteiger partial charge in [0.25, 0.3) is 0 Å². The molecule has 0 amide bonds. The van der Waals surface area contributed by atoms with E-state index in [0.717, 1.165) is 42.1 Å². The molecule has 0 radical (unpaired) electrons. The third-order valence-electron chi connectivity index (χ3n) is 6.00. The highest BCUT2D eigenvalue weighted by Crippen LogP contribution is 2.49. The highest BCUT2D eigenvalue weighted by atomic mass is 32.2. The lowest BCUT2D eigenvalue weighted by molar-refractivity contribution is -0.156. The molecule has 0 saturated heterocycles. The normalized spacial score (nSPS) is 15.1. The number of esters is 1. The van der Waals surface area contributed by atoms with Gasteiger partial charge >= 0.3 is 5.97 Å². The molecule has 3 aromatic rings. The van der Waals surface area contributed by atoms with E-state index in [1.807, 2.05) is 61.2 Å². The topological polar surface area (TPSA) is 54.0 Å². The zero-order valence-corrected chi connectivity index (χ0v) is 21.8. The monoisotopic (exact) mass is 506 g/mol. The third kappa shape index (κ3) is 7.05. The molecular weight excluding hydrogens is 472 g/mol. The van der Waals surface area contributed by atoms with E-state index in [1.165, 1.54) is 10.5 Å². The molecule has 4 rings (SSSR count). The highest BCUT2D eigenvalue weighted by molar-refractivity contribution is 7.99. The minimum absolute atomic E-state index is 0.316. The molecule has 0 saturated carbocycles. The van der Waals surface area contributed by atoms with Gasteiger partial charge in [0.05, 0.1) is 18.1 Å². The van der Waals surface area contributed by atoms with Crippen LogP contribution >= 0.6 is 11.8 Å². The van der Waals surface area contributed by atoms with Crippen molar-refractivity contribution in [3.8, 4) is 17.2 Å². The molecule has 1 aliphatic rings. The Kier molecular flexibility index (Phi) is 9.70. The lowest BCUT2D eigenvalue weighted by Gasteiger charge is -2.16. The van der Waals surface area contributed by atoms with Crippen LogP contribution in [-0.4, -0.2) is 31.9 Å². The van der Waals surface area contributed by atoms with E-state index in [4.69, 9.17) is 18.9 Å². The Morgan fingerprint density at radius 3 is 2.44 bits per heavy atom. The molecule has 0 fully saturated rings. The maximum atomic E-state index is 12.1. The molecule has 0 bridgehead atoms. The second-order valence-corrected chi connectivity index (χ2v) is 9.83. The van der Waals surface area contributed by atoms with Crippen LogP contribution in [-0.2, 0) is 20.7 Å². The van der Waals surface area contributed by atoms with Gasteiger partial charge in [-0.1, -0.05) is 42.5 Å². The maximum absolute atomic E-state index is 12.1. The quantitative estimate of drug-likeness (QED) is 0.189. The number of ether oxygens (including phenoxy) is 4. The van der Waals surface area contributed by atoms with Gasteiger partial charge in [0.2, 0.25) is 0 Å². The van der Waals surface area contributed by atoms with Crippen molar-refractivity contribution in [3.63, 3.8) is 0 Å². The molecule has 190 valence electrons. The minimum atomic E-state index is -0.578. The number of fused-ring (bicyclic) bond motifs is 2. The lowest BCUT2D eigenvalue weighted by atomic mass is 10.1. The summed E-state index contributed by atoms with van der Waals surface area (Å²) in [6.07, 6.45) is 2.99. The number of benzene rings is 3. The molecule has 0 N–H and O–H groups in total. The van der Waals surface area contributed by atoms with E-state index in [2.05, 4.69) is 30.3 Å². The summed E-state index contributed by atoms with van der Waals surface area (Å²) in [6.45, 7) is 5.16. The van der Waals surface area contributed by atoms with E-state index < -0.39 is 6.10 Å². The summed E-state index contributed by atoms with van der Waals surface area (Å²) in [5.74, 6) is 2.40. The van der Waals surface area contributed by atoms with Gasteiger partial charge in [0.15, 0.2) is 6.10 Å². The Bertz CT molecular complexity index is 1110. The average Bonchev–Trinajstić information content (AvgIpc) is 3.06. The summed E-state index contributed by atoms with van der Waals surface area (Å²) in [7, 11) is 0. The molecule has 5 nitrogen and oxygen atoms in total. The number of para-hydroxylation sites is 2. The van der Waals surface area contributed by atoms with Gasteiger partial charge in [0, 0.05) is 23.8 Å². The first-order valence-corrected chi connectivity index (χ1v) is 13.6. The first-order chi connectivity index (χ1) is 17.7. The van der Waals surface area contributed by atoms with Crippen LogP contribution in [0, 0.1) is 0 Å². The first kappa shape index (κ1) is 26.1. The lowest BCUT2D eigenvalue weighted by Crippen LogP contribution is -2.28. The van der Waals surface area contributed by atoms with Gasteiger partial charge in [0.1, 0.15) is 17.2 Å². The predicted molar refractivity (Wildman–Crippen MR) is 143 cm³/mol. The summed E-state index contributed by atoms with van der Waals surface area (Å²) >= 11 is 1.88. The third-order valence-corrected chi connectivity index (χ3v) is 7.36. The van der Waals surface area contributed by atoms with Gasteiger partial charge in [-0.15, -0.1) is 11.8 Å². The number of carbonyl (C=O) groups is 1. The largest absolute Gasteiger partial charge is 0.494 e. The van der Waals surface area contributed by atoms with Crippen molar-refractivity contribution in [2.75, 3.05) is 19.8 Å². The summed E-state index contributed by atoms with van der Waals surface area (Å²) in [6, 6.07) is 24.5. The molecule has 36 heavy (non-hydrogen) atoms. The second kappa shape index (κ2) is 13.4. The Labute approximate surface area is 218 Å². The van der Waals surface area contributed by atoms with Crippen LogP contribution in [0.3, 0.4) is 0 Å². The molecule has 0 aliphatic carbocycles. The first-order valence-electron chi connectivity index (χ1n) is 12.7. The molecule has 6 heteroatoms. The van der Waals surface area contributed by atoms with Gasteiger partial charge in [-0.25, -0.2) is 4.79 Å². The van der Waals surface area contributed by atoms with Crippen molar-refractivity contribution in [2.24, 2.45) is 0 Å². The zero-order chi connectivity index (χ0) is 25.2. The van der Waals surface area contributed by atoms with Crippen molar-refractivity contribution in [1.82, 2.24) is 0 Å². The van der Waals surface area contributed by atoms with Gasteiger partial charge in [-0.3, -0.25) is 0 Å². The molecule has 1 aliphatic heterocycles. The number of carbonyl (C=O) groups excluding carboxylic acids is 1. The smallest absolute Gasteiger partial charge is 0.335 e. The Morgan fingerprint density at radius 2 is 1.67 bits per heavy atom. The Morgan fingerprint density at radius 1 is 0.917 bits per heavy atom. The summed E-state index contributed by atoms with van der Waals surface area (Å²) in [4.78, 5) is 13.3. The Hall–Kier alpha value is -2.96. The second-order valence-electron chi connectivity index (χ2n) is 8.58. The van der Waals surface area contributed by atoms with Crippen LogP contribution in [0.2, 0.25) is 0 Å². The van der Waals surface area contributed by atoms with Gasteiger partial charge in [-0.05, 0) is 69.0 Å². The van der Waals surface area contributed by atoms with Gasteiger partial charge in [-0.2, -0.15) is 0 Å². The number of hydrogen-bond acceptors (Lipinski definition) is 6. The number of thioether (sulfide) groups is 1. The van der Waals surface area contributed by atoms with Crippen molar-refractivity contribution >= 4 is 17.7 Å². The fourth-order valence-corrected chi connectivity index (χ4v) is 5.52. The van der Waals surface area contributed by atoms with Crippen LogP contribution in [0.5, 0.6) is 17.2 Å². The van der Waals surface area contributed by atoms with E-state index in [1.54, 1.807) is 6.92 Å². The van der Waals surface area contributed by atoms with Crippen molar-refractivity contribution in [1.29, 1.82) is 0 Å². The molecular formula is C30H34O5S. The zero-order valence-electron chi connectivity index (χ0n) is 21.0. The minimum Gasteiger partial charge on any atom is -0.494 e. The van der Waals surface area contributed by atoms with E-state index in [0.29, 0.717) is 31.5 Å². The molecule has 2 atom stereocenters. The van der Waals surface area contributed by atoms with Crippen molar-refractivity contribution < 1.29 is 23.7 Å². The molecule has 3 aromatic carbocycles. The molecule has 1 heterocycles. The van der Waals surface area contributed by atoms with Crippen molar-refractivity contribution in [2.45, 2.75) is 55.8 Å². The predicted octanol–water partition coefficient (Wildman–Crippen LogP) is 7.39. The summed E-state index contributed by atoms with van der Waals surface area (Å²) in [5, 5.41) is 0.349. The fraction of sp³-hybridized carbons (Fsp3) is 0.367. The van der Waals surface area contributed by atoms with Crippen molar-refractivity contribution in [3.05, 3.63) is 83.9 Å². The molecule has 2 unspecified atom stereocenters. The molecule has 0 spiro atoms. The van der Waals surface area contributed by atoms with Crippen LogP contribution < -0.4 is 9.47 Å². The SMILES string of the molecule is CCOC(=O)C(Cc1ccc(OCCCCC2Sc3ccccc3Oc3ccccc32)cc1)OCC. The van der Waals surface area contributed by atoms with Crippen LogP contribution in [0.1, 0.15) is 49.5 Å². The summed E-state index contributed by atoms with van der Waals surface area (Å²) in [5.41, 5.74) is 2.27. The fourth-order valence-electron chi connectivity index (χ4n) is 4.23. The van der Waals surface area contributed by atoms with E-state index >= 15 is 0 Å². The highest BCUT2D eigenvalue weighted by Gasteiger charge is 2.23. The average molecular weight is 507 g/mol. The number of hydrogen-bond donors (Lipinski definition) is 0. The van der Waals surface area contributed by atoms with Crippen LogP contribution in [0.25, 0.3) is 0 Å². The number of unbranched alkanes of at least 4 members (excludes halogenated alkanes) is 1. The van der Waals surface area contributed by atoms with Crippen LogP contribution in [0.4, 0.5) is 0 Å². The maximum Gasteiger partial charge on any atom is 0.335 e. The Balaban J connectivity index is 1.25. The van der Waals surface area contributed by atoms with Gasteiger partial charge < -0.3 is 18.9 Å². The standard InChI is InChI=1S/C30H34O5S/c1-3-32-27(30(31)33-4-2)21-22-16-18-23(19-17-22)34-20-10-9-14-28-24-11-5-6-12-25(24)35-26-13-7-8-15-29(26)36-28/h5-8,11-13,15-19,27-28H,3-4,9-10,14,20-21H2,1-2H3. The van der Waals surface area contributed by atoms with E-state index in [-0.39, 0.29) is 5.97 Å². The number of rotatable bonds is 12. The summed E-state index contributed by atoms with van der Waals surface area (Å²) < 4.78 is 22.9.